The molecule has 1 heterocycles. The van der Waals surface area contributed by atoms with Gasteiger partial charge in [0.1, 0.15) is 5.75 Å². The monoisotopic (exact) mass is 295 g/mol. The van der Waals surface area contributed by atoms with E-state index in [1.165, 1.54) is 0 Å². The Hall–Kier alpha value is -3.15. The van der Waals surface area contributed by atoms with E-state index in [2.05, 4.69) is 10.1 Å². The number of aromatic nitrogens is 2. The van der Waals surface area contributed by atoms with E-state index < -0.39 is 5.91 Å². The van der Waals surface area contributed by atoms with Crippen molar-refractivity contribution in [2.45, 2.75) is 0 Å². The van der Waals surface area contributed by atoms with Gasteiger partial charge < -0.3 is 15.0 Å². The van der Waals surface area contributed by atoms with Gasteiger partial charge in [0.05, 0.1) is 18.2 Å². The summed E-state index contributed by atoms with van der Waals surface area (Å²) in [5.74, 6) is 0.878. The predicted octanol–water partition coefficient (Wildman–Crippen LogP) is 2.51. The first-order valence-corrected chi connectivity index (χ1v) is 6.56. The van der Waals surface area contributed by atoms with E-state index in [0.29, 0.717) is 17.0 Å². The molecule has 1 aromatic heterocycles. The van der Waals surface area contributed by atoms with Crippen molar-refractivity contribution >= 4 is 5.91 Å². The van der Waals surface area contributed by atoms with Crippen LogP contribution in [0, 0.1) is 0 Å². The number of nitrogens with zero attached hydrogens (tertiary/aromatic N) is 2. The zero-order chi connectivity index (χ0) is 15.5. The number of rotatable bonds is 4. The Kier molecular flexibility index (Phi) is 3.57. The highest BCUT2D eigenvalue weighted by atomic mass is 16.5. The third-order valence-corrected chi connectivity index (χ3v) is 3.20. The van der Waals surface area contributed by atoms with Crippen LogP contribution in [-0.2, 0) is 0 Å². The maximum absolute atomic E-state index is 11.5. The van der Waals surface area contributed by atoms with Gasteiger partial charge in [-0.2, -0.15) is 4.98 Å². The third kappa shape index (κ3) is 2.54. The lowest BCUT2D eigenvalue weighted by molar-refractivity contribution is 0.100. The van der Waals surface area contributed by atoms with Crippen LogP contribution >= 0.6 is 0 Å². The highest BCUT2D eigenvalue weighted by molar-refractivity contribution is 5.98. The molecule has 0 atom stereocenters. The van der Waals surface area contributed by atoms with Crippen LogP contribution in [0.25, 0.3) is 22.8 Å². The fourth-order valence-corrected chi connectivity index (χ4v) is 2.07. The van der Waals surface area contributed by atoms with Crippen molar-refractivity contribution < 1.29 is 14.1 Å². The van der Waals surface area contributed by atoms with Crippen LogP contribution in [0.2, 0.25) is 0 Å². The summed E-state index contributed by atoms with van der Waals surface area (Å²) in [4.78, 5) is 15.8. The Bertz CT molecular complexity index is 810. The van der Waals surface area contributed by atoms with Crippen LogP contribution in [0.15, 0.2) is 53.1 Å². The molecule has 0 saturated heterocycles. The van der Waals surface area contributed by atoms with Crippen molar-refractivity contribution in [1.29, 1.82) is 0 Å². The first-order chi connectivity index (χ1) is 10.7. The summed E-state index contributed by atoms with van der Waals surface area (Å²) >= 11 is 0. The third-order valence-electron chi connectivity index (χ3n) is 3.20. The van der Waals surface area contributed by atoms with Crippen LogP contribution in [0.5, 0.6) is 5.75 Å². The maximum atomic E-state index is 11.5. The standard InChI is InChI=1S/C16H13N3O3/c1-21-11-8-6-10(7-9-11)15-18-16(22-19-15)13-5-3-2-4-12(13)14(17)20/h2-9H,1H3,(H2,17,20). The molecule has 22 heavy (non-hydrogen) atoms. The van der Waals surface area contributed by atoms with Gasteiger partial charge in [-0.15, -0.1) is 0 Å². The van der Waals surface area contributed by atoms with E-state index in [1.54, 1.807) is 31.4 Å². The summed E-state index contributed by atoms with van der Waals surface area (Å²) < 4.78 is 10.4. The summed E-state index contributed by atoms with van der Waals surface area (Å²) in [6.45, 7) is 0. The van der Waals surface area contributed by atoms with E-state index in [9.17, 15) is 4.79 Å². The minimum absolute atomic E-state index is 0.250. The summed E-state index contributed by atoms with van der Waals surface area (Å²) in [5.41, 5.74) is 7.00. The molecule has 3 aromatic rings. The molecule has 0 aliphatic heterocycles. The first kappa shape index (κ1) is 13.8. The van der Waals surface area contributed by atoms with Crippen molar-refractivity contribution in [3.8, 4) is 28.6 Å². The van der Waals surface area contributed by atoms with Crippen molar-refractivity contribution in [3.05, 3.63) is 54.1 Å². The van der Waals surface area contributed by atoms with E-state index in [4.69, 9.17) is 15.0 Å². The van der Waals surface area contributed by atoms with E-state index >= 15 is 0 Å². The van der Waals surface area contributed by atoms with Crippen LogP contribution in [0.4, 0.5) is 0 Å². The van der Waals surface area contributed by atoms with Crippen LogP contribution in [0.3, 0.4) is 0 Å². The number of benzene rings is 2. The van der Waals surface area contributed by atoms with E-state index in [0.717, 1.165) is 11.3 Å². The summed E-state index contributed by atoms with van der Waals surface area (Å²) in [6, 6.07) is 14.1. The Morgan fingerprint density at radius 3 is 2.55 bits per heavy atom. The van der Waals surface area contributed by atoms with Crippen molar-refractivity contribution in [3.63, 3.8) is 0 Å². The number of primary amides is 1. The summed E-state index contributed by atoms with van der Waals surface area (Å²) in [5, 5.41) is 3.94. The van der Waals surface area contributed by atoms with Crippen molar-refractivity contribution in [1.82, 2.24) is 10.1 Å². The van der Waals surface area contributed by atoms with Gasteiger partial charge in [0.15, 0.2) is 0 Å². The fraction of sp³-hybridized carbons (Fsp3) is 0.0625. The van der Waals surface area contributed by atoms with Gasteiger partial charge >= 0.3 is 0 Å². The van der Waals surface area contributed by atoms with Crippen LogP contribution in [0.1, 0.15) is 10.4 Å². The molecular weight excluding hydrogens is 282 g/mol. The SMILES string of the molecule is COc1ccc(-c2noc(-c3ccccc3C(N)=O)n2)cc1. The fourth-order valence-electron chi connectivity index (χ4n) is 2.07. The summed E-state index contributed by atoms with van der Waals surface area (Å²) in [7, 11) is 1.60. The van der Waals surface area contributed by atoms with Gasteiger partial charge in [-0.1, -0.05) is 17.3 Å². The minimum atomic E-state index is -0.542. The zero-order valence-corrected chi connectivity index (χ0v) is 11.8. The van der Waals surface area contributed by atoms with Crippen LogP contribution < -0.4 is 10.5 Å². The second-order valence-electron chi connectivity index (χ2n) is 4.56. The lowest BCUT2D eigenvalue weighted by atomic mass is 10.1. The molecule has 0 fully saturated rings. The number of amides is 1. The lowest BCUT2D eigenvalue weighted by Crippen LogP contribution is -2.12. The number of ether oxygens (including phenoxy) is 1. The number of hydrogen-bond donors (Lipinski definition) is 1. The Morgan fingerprint density at radius 1 is 1.14 bits per heavy atom. The maximum Gasteiger partial charge on any atom is 0.259 e. The largest absolute Gasteiger partial charge is 0.497 e. The smallest absolute Gasteiger partial charge is 0.259 e. The second kappa shape index (κ2) is 5.69. The van der Waals surface area contributed by atoms with Gasteiger partial charge in [-0.25, -0.2) is 0 Å². The average Bonchev–Trinajstić information content (AvgIpc) is 3.04. The normalized spacial score (nSPS) is 10.4. The topological polar surface area (TPSA) is 91.2 Å². The molecule has 6 heteroatoms. The molecule has 0 bridgehead atoms. The number of methoxy groups -OCH3 is 1. The molecule has 2 N–H and O–H groups in total. The van der Waals surface area contributed by atoms with Gasteiger partial charge in [0, 0.05) is 5.56 Å². The Morgan fingerprint density at radius 2 is 1.86 bits per heavy atom. The summed E-state index contributed by atoms with van der Waals surface area (Å²) in [6.07, 6.45) is 0. The van der Waals surface area contributed by atoms with Crippen molar-refractivity contribution in [2.24, 2.45) is 5.73 Å². The molecule has 110 valence electrons. The number of carbonyl (C=O) groups is 1. The van der Waals surface area contributed by atoms with Gasteiger partial charge in [-0.3, -0.25) is 4.79 Å². The molecule has 0 unspecified atom stereocenters. The van der Waals surface area contributed by atoms with Crippen molar-refractivity contribution in [2.75, 3.05) is 7.11 Å². The van der Waals surface area contributed by atoms with Gasteiger partial charge in [0.25, 0.3) is 5.89 Å². The molecule has 6 nitrogen and oxygen atoms in total. The average molecular weight is 295 g/mol. The molecule has 0 aliphatic carbocycles. The van der Waals surface area contributed by atoms with Gasteiger partial charge in [-0.05, 0) is 36.4 Å². The zero-order valence-electron chi connectivity index (χ0n) is 11.8. The van der Waals surface area contributed by atoms with E-state index in [1.807, 2.05) is 24.3 Å². The molecule has 3 rings (SSSR count). The van der Waals surface area contributed by atoms with Gasteiger partial charge in [0.2, 0.25) is 11.7 Å². The predicted molar refractivity (Wildman–Crippen MR) is 80.2 cm³/mol. The lowest BCUT2D eigenvalue weighted by Gasteiger charge is -2.00. The molecule has 2 aromatic carbocycles. The molecule has 0 saturated carbocycles. The quantitative estimate of drug-likeness (QED) is 0.798. The number of nitrogens with two attached hydrogens (primary N) is 1. The number of hydrogen-bond acceptors (Lipinski definition) is 5. The minimum Gasteiger partial charge on any atom is -0.497 e. The number of carbonyl (C=O) groups excluding carboxylic acids is 1. The molecule has 0 spiro atoms. The highest BCUT2D eigenvalue weighted by Gasteiger charge is 2.16. The van der Waals surface area contributed by atoms with E-state index in [-0.39, 0.29) is 5.89 Å². The van der Waals surface area contributed by atoms with Crippen LogP contribution in [-0.4, -0.2) is 23.2 Å². The Balaban J connectivity index is 1.98. The molecule has 0 radical (unpaired) electrons. The Labute approximate surface area is 126 Å². The highest BCUT2D eigenvalue weighted by Crippen LogP contribution is 2.25. The molecule has 0 aliphatic rings. The molecule has 1 amide bonds. The second-order valence-corrected chi connectivity index (χ2v) is 4.56. The first-order valence-electron chi connectivity index (χ1n) is 6.56. The molecular formula is C16H13N3O3.